The van der Waals surface area contributed by atoms with Crippen LogP contribution in [0, 0.1) is 0 Å². The maximum absolute atomic E-state index is 11.0. The Bertz CT molecular complexity index is 548. The highest BCUT2D eigenvalue weighted by Crippen LogP contribution is 2.21. The minimum absolute atomic E-state index is 0.130. The van der Waals surface area contributed by atoms with Gasteiger partial charge >= 0.3 is 5.97 Å². The van der Waals surface area contributed by atoms with E-state index in [1.165, 1.54) is 12.5 Å². The predicted octanol–water partition coefficient (Wildman–Crippen LogP) is 1.77. The van der Waals surface area contributed by atoms with E-state index in [-0.39, 0.29) is 5.75 Å². The van der Waals surface area contributed by atoms with E-state index < -0.39 is 11.9 Å². The van der Waals surface area contributed by atoms with Gasteiger partial charge in [-0.2, -0.15) is 0 Å². The zero-order chi connectivity index (χ0) is 12.4. The van der Waals surface area contributed by atoms with Crippen LogP contribution in [0.1, 0.15) is 18.5 Å². The van der Waals surface area contributed by atoms with Crippen LogP contribution in [-0.2, 0) is 4.79 Å². The highest BCUT2D eigenvalue weighted by Gasteiger charge is 2.18. The molecule has 2 rings (SSSR count). The summed E-state index contributed by atoms with van der Waals surface area (Å²) in [6.07, 6.45) is 3.05. The summed E-state index contributed by atoms with van der Waals surface area (Å²) in [5.41, 5.74) is 1.26. The van der Waals surface area contributed by atoms with Gasteiger partial charge in [0, 0.05) is 12.3 Å². The number of benzene rings is 1. The van der Waals surface area contributed by atoms with Crippen LogP contribution >= 0.6 is 0 Å². The molecule has 0 spiro atoms. The van der Waals surface area contributed by atoms with Gasteiger partial charge in [-0.15, -0.1) is 0 Å². The molecule has 2 N–H and O–H groups in total. The van der Waals surface area contributed by atoms with Crippen LogP contribution in [0.5, 0.6) is 5.75 Å². The van der Waals surface area contributed by atoms with Gasteiger partial charge < -0.3 is 14.8 Å². The Hall–Kier alpha value is -2.30. The van der Waals surface area contributed by atoms with E-state index in [1.54, 1.807) is 35.8 Å². The SMILES string of the molecule is CC(C(=O)O)c1cncn1-c1cccc(O)c1. The Balaban J connectivity index is 2.47. The molecule has 1 unspecified atom stereocenters. The fraction of sp³-hybridized carbons (Fsp3) is 0.167. The topological polar surface area (TPSA) is 75.3 Å². The van der Waals surface area contributed by atoms with E-state index >= 15 is 0 Å². The van der Waals surface area contributed by atoms with Crippen molar-refractivity contribution in [2.45, 2.75) is 12.8 Å². The Kier molecular flexibility index (Phi) is 2.82. The average Bonchev–Trinajstić information content (AvgIpc) is 2.76. The van der Waals surface area contributed by atoms with Crippen LogP contribution in [0.25, 0.3) is 5.69 Å². The van der Waals surface area contributed by atoms with Crippen molar-refractivity contribution in [1.29, 1.82) is 0 Å². The van der Waals surface area contributed by atoms with Crippen molar-refractivity contribution in [3.8, 4) is 11.4 Å². The van der Waals surface area contributed by atoms with Crippen molar-refractivity contribution >= 4 is 5.97 Å². The fourth-order valence-electron chi connectivity index (χ4n) is 1.61. The molecule has 1 aromatic carbocycles. The number of carboxylic acids is 1. The van der Waals surface area contributed by atoms with Gasteiger partial charge in [0.1, 0.15) is 5.75 Å². The number of rotatable bonds is 3. The first-order valence-corrected chi connectivity index (χ1v) is 5.14. The third-order valence-corrected chi connectivity index (χ3v) is 2.59. The van der Waals surface area contributed by atoms with Crippen LogP contribution in [0.4, 0.5) is 0 Å². The van der Waals surface area contributed by atoms with Gasteiger partial charge in [-0.05, 0) is 19.1 Å². The highest BCUT2D eigenvalue weighted by atomic mass is 16.4. The number of aromatic nitrogens is 2. The van der Waals surface area contributed by atoms with Gasteiger partial charge in [0.25, 0.3) is 0 Å². The molecule has 5 nitrogen and oxygen atoms in total. The largest absolute Gasteiger partial charge is 0.508 e. The standard InChI is InChI=1S/C12H12N2O3/c1-8(12(16)17)11-6-13-7-14(11)9-3-2-4-10(15)5-9/h2-8,15H,1H3,(H,16,17). The Morgan fingerprint density at radius 2 is 2.24 bits per heavy atom. The molecule has 1 aromatic heterocycles. The maximum atomic E-state index is 11.0. The second-order valence-corrected chi connectivity index (χ2v) is 3.77. The third-order valence-electron chi connectivity index (χ3n) is 2.59. The second-order valence-electron chi connectivity index (χ2n) is 3.77. The minimum Gasteiger partial charge on any atom is -0.508 e. The Morgan fingerprint density at radius 1 is 1.47 bits per heavy atom. The zero-order valence-corrected chi connectivity index (χ0v) is 9.24. The summed E-state index contributed by atoms with van der Waals surface area (Å²) < 4.78 is 1.65. The van der Waals surface area contributed by atoms with Crippen molar-refractivity contribution in [2.24, 2.45) is 0 Å². The molecule has 0 saturated heterocycles. The lowest BCUT2D eigenvalue weighted by Gasteiger charge is -2.11. The lowest BCUT2D eigenvalue weighted by molar-refractivity contribution is -0.138. The molecule has 0 amide bonds. The number of carboxylic acid groups (broad SMARTS) is 1. The normalized spacial score (nSPS) is 12.3. The van der Waals surface area contributed by atoms with Crippen molar-refractivity contribution in [2.75, 3.05) is 0 Å². The summed E-state index contributed by atoms with van der Waals surface area (Å²) >= 11 is 0. The lowest BCUT2D eigenvalue weighted by Crippen LogP contribution is -2.11. The molecular formula is C12H12N2O3. The molecule has 2 aromatic rings. The van der Waals surface area contributed by atoms with Crippen LogP contribution in [-0.4, -0.2) is 25.7 Å². The van der Waals surface area contributed by atoms with E-state index in [2.05, 4.69) is 4.98 Å². The smallest absolute Gasteiger partial charge is 0.312 e. The van der Waals surface area contributed by atoms with Crippen molar-refractivity contribution in [1.82, 2.24) is 9.55 Å². The molecule has 0 aliphatic heterocycles. The molecule has 0 saturated carbocycles. The number of phenolic OH excluding ortho intramolecular Hbond substituents is 1. The van der Waals surface area contributed by atoms with Gasteiger partial charge in [0.05, 0.1) is 23.6 Å². The summed E-state index contributed by atoms with van der Waals surface area (Å²) in [6.45, 7) is 1.60. The predicted molar refractivity (Wildman–Crippen MR) is 61.3 cm³/mol. The average molecular weight is 232 g/mol. The van der Waals surface area contributed by atoms with Crippen molar-refractivity contribution in [3.05, 3.63) is 42.5 Å². The summed E-state index contributed by atoms with van der Waals surface area (Å²) in [6, 6.07) is 6.58. The molecule has 0 radical (unpaired) electrons. The van der Waals surface area contributed by atoms with E-state index in [4.69, 9.17) is 5.11 Å². The Morgan fingerprint density at radius 3 is 2.88 bits per heavy atom. The van der Waals surface area contributed by atoms with E-state index in [9.17, 15) is 9.90 Å². The first kappa shape index (κ1) is 11.2. The van der Waals surface area contributed by atoms with Crippen LogP contribution in [0.15, 0.2) is 36.8 Å². The zero-order valence-electron chi connectivity index (χ0n) is 9.24. The van der Waals surface area contributed by atoms with Crippen LogP contribution in [0.3, 0.4) is 0 Å². The lowest BCUT2D eigenvalue weighted by atomic mass is 10.1. The summed E-state index contributed by atoms with van der Waals surface area (Å²) in [5, 5.41) is 18.4. The highest BCUT2D eigenvalue weighted by molar-refractivity contribution is 5.75. The Labute approximate surface area is 98.0 Å². The monoisotopic (exact) mass is 232 g/mol. The molecule has 17 heavy (non-hydrogen) atoms. The molecule has 0 aliphatic rings. The number of aromatic hydroxyl groups is 1. The van der Waals surface area contributed by atoms with E-state index in [0.29, 0.717) is 11.4 Å². The summed E-state index contributed by atoms with van der Waals surface area (Å²) in [5.74, 6) is -1.43. The molecule has 0 fully saturated rings. The molecule has 5 heteroatoms. The van der Waals surface area contributed by atoms with Crippen molar-refractivity contribution in [3.63, 3.8) is 0 Å². The molecule has 1 heterocycles. The molecule has 88 valence electrons. The van der Waals surface area contributed by atoms with E-state index in [0.717, 1.165) is 0 Å². The molecule has 0 bridgehead atoms. The number of carbonyl (C=O) groups is 1. The number of nitrogens with zero attached hydrogens (tertiary/aromatic N) is 2. The molecular weight excluding hydrogens is 220 g/mol. The fourth-order valence-corrected chi connectivity index (χ4v) is 1.61. The summed E-state index contributed by atoms with van der Waals surface area (Å²) in [7, 11) is 0. The van der Waals surface area contributed by atoms with Gasteiger partial charge in [0.15, 0.2) is 0 Å². The first-order chi connectivity index (χ1) is 8.09. The van der Waals surface area contributed by atoms with Gasteiger partial charge in [-0.3, -0.25) is 4.79 Å². The number of hydrogen-bond acceptors (Lipinski definition) is 3. The van der Waals surface area contributed by atoms with Gasteiger partial charge in [-0.1, -0.05) is 6.07 Å². The van der Waals surface area contributed by atoms with Gasteiger partial charge in [0.2, 0.25) is 0 Å². The summed E-state index contributed by atoms with van der Waals surface area (Å²) in [4.78, 5) is 14.9. The number of imidazole rings is 1. The second kappa shape index (κ2) is 4.29. The van der Waals surface area contributed by atoms with Crippen LogP contribution in [0.2, 0.25) is 0 Å². The van der Waals surface area contributed by atoms with E-state index in [1.807, 2.05) is 0 Å². The van der Waals surface area contributed by atoms with Crippen molar-refractivity contribution < 1.29 is 15.0 Å². The quantitative estimate of drug-likeness (QED) is 0.845. The number of phenols is 1. The maximum Gasteiger partial charge on any atom is 0.312 e. The molecule has 1 atom stereocenters. The van der Waals surface area contributed by atoms with Crippen LogP contribution < -0.4 is 0 Å². The van der Waals surface area contributed by atoms with Gasteiger partial charge in [-0.25, -0.2) is 4.98 Å². The molecule has 0 aliphatic carbocycles. The third kappa shape index (κ3) is 2.13. The first-order valence-electron chi connectivity index (χ1n) is 5.14. The minimum atomic E-state index is -0.910. The number of hydrogen-bond donors (Lipinski definition) is 2. The number of aliphatic carboxylic acids is 1.